The van der Waals surface area contributed by atoms with Crippen molar-refractivity contribution in [1.82, 2.24) is 19.9 Å². The van der Waals surface area contributed by atoms with Crippen molar-refractivity contribution in [2.45, 2.75) is 13.0 Å². The molecule has 3 heterocycles. The Kier molecular flexibility index (Phi) is 4.62. The first-order chi connectivity index (χ1) is 10.3. The Hall–Kier alpha value is -1.73. The Morgan fingerprint density at radius 2 is 2.19 bits per heavy atom. The average molecular weight is 305 g/mol. The van der Waals surface area contributed by atoms with E-state index in [9.17, 15) is 0 Å². The predicted molar refractivity (Wildman–Crippen MR) is 82.8 cm³/mol. The SMILES string of the molecule is COc1ccnc(N2CCCN(Cc3cscn3)CC2)n1. The summed E-state index contributed by atoms with van der Waals surface area (Å²) < 4.78 is 5.17. The molecule has 0 bridgehead atoms. The van der Waals surface area contributed by atoms with E-state index in [-0.39, 0.29) is 0 Å². The molecule has 21 heavy (non-hydrogen) atoms. The number of nitrogens with zero attached hydrogens (tertiary/aromatic N) is 5. The molecule has 1 saturated heterocycles. The van der Waals surface area contributed by atoms with Crippen LogP contribution in [-0.2, 0) is 6.54 Å². The molecule has 6 nitrogen and oxygen atoms in total. The number of thiazole rings is 1. The summed E-state index contributed by atoms with van der Waals surface area (Å²) in [4.78, 5) is 17.8. The lowest BCUT2D eigenvalue weighted by Crippen LogP contribution is -2.31. The second-order valence-electron chi connectivity index (χ2n) is 5.00. The number of anilines is 1. The Morgan fingerprint density at radius 1 is 1.24 bits per heavy atom. The fraction of sp³-hybridized carbons (Fsp3) is 0.500. The number of rotatable bonds is 4. The molecule has 0 unspecified atom stereocenters. The summed E-state index contributed by atoms with van der Waals surface area (Å²) >= 11 is 1.65. The molecule has 0 amide bonds. The number of ether oxygens (including phenoxy) is 1. The van der Waals surface area contributed by atoms with Gasteiger partial charge < -0.3 is 9.64 Å². The normalized spacial score (nSPS) is 16.7. The summed E-state index contributed by atoms with van der Waals surface area (Å²) in [5.41, 5.74) is 3.05. The third-order valence-electron chi connectivity index (χ3n) is 3.57. The summed E-state index contributed by atoms with van der Waals surface area (Å²) in [6.07, 6.45) is 2.85. The first-order valence-corrected chi connectivity index (χ1v) is 8.01. The number of aromatic nitrogens is 3. The number of methoxy groups -OCH3 is 1. The van der Waals surface area contributed by atoms with Crippen LogP contribution in [0.25, 0.3) is 0 Å². The molecule has 1 aliphatic rings. The van der Waals surface area contributed by atoms with Crippen LogP contribution in [0.1, 0.15) is 12.1 Å². The first kappa shape index (κ1) is 14.2. The fourth-order valence-electron chi connectivity index (χ4n) is 2.47. The summed E-state index contributed by atoms with van der Waals surface area (Å²) in [6.45, 7) is 4.91. The van der Waals surface area contributed by atoms with Gasteiger partial charge in [0.15, 0.2) is 0 Å². The Labute approximate surface area is 128 Å². The van der Waals surface area contributed by atoms with E-state index in [0.29, 0.717) is 5.88 Å². The zero-order valence-corrected chi connectivity index (χ0v) is 12.9. The highest BCUT2D eigenvalue weighted by molar-refractivity contribution is 7.07. The summed E-state index contributed by atoms with van der Waals surface area (Å²) in [6, 6.07) is 1.77. The van der Waals surface area contributed by atoms with Crippen LogP contribution < -0.4 is 9.64 Å². The molecule has 0 radical (unpaired) electrons. The van der Waals surface area contributed by atoms with Crippen LogP contribution in [0.15, 0.2) is 23.2 Å². The lowest BCUT2D eigenvalue weighted by molar-refractivity contribution is 0.282. The average Bonchev–Trinajstić information content (AvgIpc) is 2.92. The first-order valence-electron chi connectivity index (χ1n) is 7.06. The van der Waals surface area contributed by atoms with E-state index >= 15 is 0 Å². The minimum absolute atomic E-state index is 0.614. The molecule has 2 aromatic heterocycles. The number of hydrogen-bond donors (Lipinski definition) is 0. The van der Waals surface area contributed by atoms with E-state index in [1.165, 1.54) is 0 Å². The maximum absolute atomic E-state index is 5.17. The van der Waals surface area contributed by atoms with Gasteiger partial charge >= 0.3 is 0 Å². The fourth-order valence-corrected chi connectivity index (χ4v) is 3.02. The Morgan fingerprint density at radius 3 is 3.00 bits per heavy atom. The third kappa shape index (κ3) is 3.68. The topological polar surface area (TPSA) is 54.4 Å². The molecule has 7 heteroatoms. The van der Waals surface area contributed by atoms with Crippen molar-refractivity contribution < 1.29 is 4.74 Å². The Bertz CT molecular complexity index is 562. The molecule has 0 atom stereocenters. The van der Waals surface area contributed by atoms with Gasteiger partial charge in [0, 0.05) is 50.4 Å². The maximum Gasteiger partial charge on any atom is 0.228 e. The molecule has 3 rings (SSSR count). The van der Waals surface area contributed by atoms with Crippen LogP contribution in [0.3, 0.4) is 0 Å². The minimum Gasteiger partial charge on any atom is -0.481 e. The molecule has 0 aliphatic carbocycles. The van der Waals surface area contributed by atoms with Crippen molar-refractivity contribution in [3.05, 3.63) is 28.8 Å². The van der Waals surface area contributed by atoms with Crippen molar-refractivity contribution >= 4 is 17.3 Å². The van der Waals surface area contributed by atoms with Gasteiger partial charge in [-0.1, -0.05) is 0 Å². The van der Waals surface area contributed by atoms with Gasteiger partial charge in [-0.25, -0.2) is 9.97 Å². The van der Waals surface area contributed by atoms with E-state index in [1.54, 1.807) is 30.7 Å². The van der Waals surface area contributed by atoms with Crippen molar-refractivity contribution in [2.24, 2.45) is 0 Å². The molecule has 0 N–H and O–H groups in total. The molecule has 1 aliphatic heterocycles. The van der Waals surface area contributed by atoms with Crippen LogP contribution in [-0.4, -0.2) is 53.1 Å². The quantitative estimate of drug-likeness (QED) is 0.856. The van der Waals surface area contributed by atoms with Crippen molar-refractivity contribution in [3.63, 3.8) is 0 Å². The van der Waals surface area contributed by atoms with Crippen LogP contribution in [0.2, 0.25) is 0 Å². The van der Waals surface area contributed by atoms with Crippen molar-refractivity contribution in [1.29, 1.82) is 0 Å². The van der Waals surface area contributed by atoms with Crippen molar-refractivity contribution in [3.8, 4) is 5.88 Å². The highest BCUT2D eigenvalue weighted by atomic mass is 32.1. The molecule has 2 aromatic rings. The van der Waals surface area contributed by atoms with Crippen LogP contribution in [0, 0.1) is 0 Å². The molecular formula is C14H19N5OS. The van der Waals surface area contributed by atoms with E-state index in [1.807, 2.05) is 5.51 Å². The minimum atomic E-state index is 0.614. The van der Waals surface area contributed by atoms with Gasteiger partial charge in [-0.15, -0.1) is 11.3 Å². The zero-order chi connectivity index (χ0) is 14.5. The summed E-state index contributed by atoms with van der Waals surface area (Å²) in [7, 11) is 1.63. The largest absolute Gasteiger partial charge is 0.481 e. The van der Waals surface area contributed by atoms with Crippen LogP contribution >= 0.6 is 11.3 Å². The second kappa shape index (κ2) is 6.82. The number of hydrogen-bond acceptors (Lipinski definition) is 7. The highest BCUT2D eigenvalue weighted by Crippen LogP contribution is 2.15. The molecule has 0 spiro atoms. The zero-order valence-electron chi connectivity index (χ0n) is 12.1. The van der Waals surface area contributed by atoms with Gasteiger partial charge in [-0.05, 0) is 6.42 Å². The van der Waals surface area contributed by atoms with E-state index in [2.05, 4.69) is 30.1 Å². The second-order valence-corrected chi connectivity index (χ2v) is 5.71. The lowest BCUT2D eigenvalue weighted by Gasteiger charge is -2.21. The van der Waals surface area contributed by atoms with E-state index in [0.717, 1.165) is 50.8 Å². The maximum atomic E-state index is 5.17. The van der Waals surface area contributed by atoms with Crippen molar-refractivity contribution in [2.75, 3.05) is 38.2 Å². The van der Waals surface area contributed by atoms with Gasteiger partial charge in [0.2, 0.25) is 11.8 Å². The van der Waals surface area contributed by atoms with Gasteiger partial charge in [-0.2, -0.15) is 4.98 Å². The van der Waals surface area contributed by atoms with Crippen LogP contribution in [0.5, 0.6) is 5.88 Å². The molecule has 0 aromatic carbocycles. The monoisotopic (exact) mass is 305 g/mol. The smallest absolute Gasteiger partial charge is 0.228 e. The van der Waals surface area contributed by atoms with Gasteiger partial charge in [0.1, 0.15) is 0 Å². The van der Waals surface area contributed by atoms with E-state index < -0.39 is 0 Å². The summed E-state index contributed by atoms with van der Waals surface area (Å²) in [5, 5.41) is 2.12. The lowest BCUT2D eigenvalue weighted by atomic mass is 10.3. The third-order valence-corrected chi connectivity index (χ3v) is 4.20. The molecule has 1 fully saturated rings. The Balaban J connectivity index is 1.62. The van der Waals surface area contributed by atoms with Gasteiger partial charge in [-0.3, -0.25) is 4.90 Å². The molecular weight excluding hydrogens is 286 g/mol. The van der Waals surface area contributed by atoms with E-state index in [4.69, 9.17) is 4.74 Å². The van der Waals surface area contributed by atoms with Crippen LogP contribution in [0.4, 0.5) is 5.95 Å². The predicted octanol–water partition coefficient (Wildman–Crippen LogP) is 1.65. The van der Waals surface area contributed by atoms with Gasteiger partial charge in [0.25, 0.3) is 0 Å². The standard InChI is InChI=1S/C14H19N5OS/c1-20-13-3-4-15-14(17-13)19-6-2-5-18(7-8-19)9-12-10-21-11-16-12/h3-4,10-11H,2,5-9H2,1H3. The summed E-state index contributed by atoms with van der Waals surface area (Å²) in [5.74, 6) is 1.37. The van der Waals surface area contributed by atoms with Gasteiger partial charge in [0.05, 0.1) is 18.3 Å². The molecule has 112 valence electrons. The molecule has 0 saturated carbocycles. The highest BCUT2D eigenvalue weighted by Gasteiger charge is 2.17.